The van der Waals surface area contributed by atoms with Crippen LogP contribution in [0.15, 0.2) is 42.9 Å². The number of nitrogens with zero attached hydrogens (tertiary/aromatic N) is 3. The van der Waals surface area contributed by atoms with Gasteiger partial charge in [0.1, 0.15) is 5.75 Å². The van der Waals surface area contributed by atoms with Gasteiger partial charge in [0.15, 0.2) is 0 Å². The highest BCUT2D eigenvalue weighted by Crippen LogP contribution is 2.34. The fourth-order valence-corrected chi connectivity index (χ4v) is 3.73. The van der Waals surface area contributed by atoms with Crippen LogP contribution in [0.4, 0.5) is 0 Å². The van der Waals surface area contributed by atoms with Crippen molar-refractivity contribution >= 4 is 10.9 Å². The summed E-state index contributed by atoms with van der Waals surface area (Å²) in [5, 5.41) is 5.59. The quantitative estimate of drug-likeness (QED) is 0.783. The zero-order valence-corrected chi connectivity index (χ0v) is 14.1. The van der Waals surface area contributed by atoms with Crippen molar-refractivity contribution in [1.82, 2.24) is 19.7 Å². The molecule has 0 amide bonds. The van der Waals surface area contributed by atoms with E-state index in [9.17, 15) is 0 Å². The Morgan fingerprint density at radius 1 is 1.25 bits per heavy atom. The summed E-state index contributed by atoms with van der Waals surface area (Å²) in [6, 6.07) is 8.26. The van der Waals surface area contributed by atoms with Crippen molar-refractivity contribution in [2.24, 2.45) is 0 Å². The van der Waals surface area contributed by atoms with Crippen LogP contribution in [0.25, 0.3) is 10.9 Å². The average molecular weight is 324 g/mol. The van der Waals surface area contributed by atoms with Gasteiger partial charge in [0, 0.05) is 36.0 Å². The molecule has 0 saturated carbocycles. The number of nitrogens with one attached hydrogen (secondary N) is 1. The highest BCUT2D eigenvalue weighted by atomic mass is 16.5. The summed E-state index contributed by atoms with van der Waals surface area (Å²) in [6.07, 6.45) is 8.49. The standard InChI is InChI=1S/C19H24N4O/c1-24-16-3-4-19-17(13-16)18(14-20-19)15-5-9-22(10-6-15)11-12-23-8-2-7-21-23/h2-4,7-8,13-15,20H,5-6,9-12H2,1H3. The van der Waals surface area contributed by atoms with E-state index in [2.05, 4.69) is 33.3 Å². The Kier molecular flexibility index (Phi) is 4.26. The van der Waals surface area contributed by atoms with E-state index in [0.29, 0.717) is 5.92 Å². The van der Waals surface area contributed by atoms with Gasteiger partial charge >= 0.3 is 0 Å². The van der Waals surface area contributed by atoms with E-state index in [1.165, 1.54) is 29.3 Å². The number of hydrogen-bond acceptors (Lipinski definition) is 3. The van der Waals surface area contributed by atoms with Crippen molar-refractivity contribution < 1.29 is 4.74 Å². The molecule has 126 valence electrons. The number of benzene rings is 1. The van der Waals surface area contributed by atoms with Crippen molar-refractivity contribution in [2.45, 2.75) is 25.3 Å². The Hall–Kier alpha value is -2.27. The molecular formula is C19H24N4O. The molecule has 0 spiro atoms. The van der Waals surface area contributed by atoms with Crippen molar-refractivity contribution in [3.05, 3.63) is 48.4 Å². The third kappa shape index (κ3) is 3.04. The number of aromatic amines is 1. The van der Waals surface area contributed by atoms with Crippen LogP contribution in [-0.4, -0.2) is 46.4 Å². The molecule has 1 aliphatic rings. The summed E-state index contributed by atoms with van der Waals surface area (Å²) in [5.41, 5.74) is 2.64. The lowest BCUT2D eigenvalue weighted by Gasteiger charge is -2.31. The molecule has 4 rings (SSSR count). The molecule has 3 heterocycles. The maximum absolute atomic E-state index is 5.39. The molecule has 1 fully saturated rings. The number of likely N-dealkylation sites (tertiary alicyclic amines) is 1. The second-order valence-corrected chi connectivity index (χ2v) is 6.54. The second kappa shape index (κ2) is 6.69. The molecule has 3 aromatic rings. The van der Waals surface area contributed by atoms with E-state index in [4.69, 9.17) is 4.74 Å². The van der Waals surface area contributed by atoms with Gasteiger partial charge < -0.3 is 14.6 Å². The first kappa shape index (κ1) is 15.3. The molecular weight excluding hydrogens is 300 g/mol. The molecule has 5 nitrogen and oxygen atoms in total. The average Bonchev–Trinajstić information content (AvgIpc) is 3.29. The highest BCUT2D eigenvalue weighted by molar-refractivity contribution is 5.85. The molecule has 0 radical (unpaired) electrons. The molecule has 0 bridgehead atoms. The van der Waals surface area contributed by atoms with E-state index in [1.54, 1.807) is 7.11 Å². The molecule has 2 aromatic heterocycles. The Bertz CT molecular complexity index is 785. The molecule has 0 unspecified atom stereocenters. The Balaban J connectivity index is 1.40. The normalized spacial score (nSPS) is 16.7. The third-order valence-corrected chi connectivity index (χ3v) is 5.15. The summed E-state index contributed by atoms with van der Waals surface area (Å²) in [4.78, 5) is 5.96. The van der Waals surface area contributed by atoms with Gasteiger partial charge in [-0.1, -0.05) is 0 Å². The maximum atomic E-state index is 5.39. The van der Waals surface area contributed by atoms with Crippen LogP contribution in [0.3, 0.4) is 0 Å². The molecule has 1 saturated heterocycles. The number of ether oxygens (including phenoxy) is 1. The number of piperidine rings is 1. The number of methoxy groups -OCH3 is 1. The van der Waals surface area contributed by atoms with E-state index in [0.717, 1.165) is 31.9 Å². The Morgan fingerprint density at radius 2 is 2.12 bits per heavy atom. The minimum atomic E-state index is 0.631. The molecule has 1 aromatic carbocycles. The lowest BCUT2D eigenvalue weighted by Crippen LogP contribution is -2.35. The van der Waals surface area contributed by atoms with Crippen LogP contribution >= 0.6 is 0 Å². The number of H-pyrrole nitrogens is 1. The van der Waals surface area contributed by atoms with Crippen LogP contribution < -0.4 is 4.74 Å². The van der Waals surface area contributed by atoms with Crippen molar-refractivity contribution in [2.75, 3.05) is 26.7 Å². The van der Waals surface area contributed by atoms with Gasteiger partial charge in [-0.2, -0.15) is 5.10 Å². The van der Waals surface area contributed by atoms with Gasteiger partial charge in [0.05, 0.1) is 13.7 Å². The topological polar surface area (TPSA) is 46.1 Å². The molecule has 1 aliphatic heterocycles. The maximum Gasteiger partial charge on any atom is 0.119 e. The summed E-state index contributed by atoms with van der Waals surface area (Å²) in [7, 11) is 1.73. The minimum absolute atomic E-state index is 0.631. The van der Waals surface area contributed by atoms with Crippen LogP contribution in [0.5, 0.6) is 5.75 Å². The molecule has 1 N–H and O–H groups in total. The number of rotatable bonds is 5. The third-order valence-electron chi connectivity index (χ3n) is 5.15. The van der Waals surface area contributed by atoms with Crippen molar-refractivity contribution in [1.29, 1.82) is 0 Å². The fourth-order valence-electron chi connectivity index (χ4n) is 3.73. The minimum Gasteiger partial charge on any atom is -0.497 e. The Labute approximate surface area is 142 Å². The van der Waals surface area contributed by atoms with E-state index < -0.39 is 0 Å². The monoisotopic (exact) mass is 324 g/mol. The first-order valence-corrected chi connectivity index (χ1v) is 8.68. The molecule has 0 aliphatic carbocycles. The smallest absolute Gasteiger partial charge is 0.119 e. The largest absolute Gasteiger partial charge is 0.497 e. The second-order valence-electron chi connectivity index (χ2n) is 6.54. The fraction of sp³-hybridized carbons (Fsp3) is 0.421. The van der Waals surface area contributed by atoms with Gasteiger partial charge in [-0.15, -0.1) is 0 Å². The van der Waals surface area contributed by atoms with Gasteiger partial charge in [-0.3, -0.25) is 4.68 Å². The first-order valence-electron chi connectivity index (χ1n) is 8.68. The zero-order chi connectivity index (χ0) is 16.4. The highest BCUT2D eigenvalue weighted by Gasteiger charge is 2.22. The van der Waals surface area contributed by atoms with Gasteiger partial charge in [-0.05, 0) is 61.7 Å². The van der Waals surface area contributed by atoms with Crippen molar-refractivity contribution in [3.63, 3.8) is 0 Å². The van der Waals surface area contributed by atoms with Gasteiger partial charge in [0.25, 0.3) is 0 Å². The lowest BCUT2D eigenvalue weighted by atomic mass is 9.89. The summed E-state index contributed by atoms with van der Waals surface area (Å²) in [6.45, 7) is 4.36. The van der Waals surface area contributed by atoms with Crippen molar-refractivity contribution in [3.8, 4) is 5.75 Å². The van der Waals surface area contributed by atoms with E-state index in [-0.39, 0.29) is 0 Å². The predicted molar refractivity (Wildman–Crippen MR) is 95.5 cm³/mol. The summed E-state index contributed by atoms with van der Waals surface area (Å²) >= 11 is 0. The van der Waals surface area contributed by atoms with E-state index >= 15 is 0 Å². The van der Waals surface area contributed by atoms with Crippen LogP contribution in [0.1, 0.15) is 24.3 Å². The first-order chi connectivity index (χ1) is 11.8. The molecule has 5 heteroatoms. The molecule has 24 heavy (non-hydrogen) atoms. The Morgan fingerprint density at radius 3 is 2.88 bits per heavy atom. The van der Waals surface area contributed by atoms with E-state index in [1.807, 2.05) is 29.2 Å². The number of hydrogen-bond donors (Lipinski definition) is 1. The zero-order valence-electron chi connectivity index (χ0n) is 14.1. The van der Waals surface area contributed by atoms with Gasteiger partial charge in [0.2, 0.25) is 0 Å². The van der Waals surface area contributed by atoms with Gasteiger partial charge in [-0.25, -0.2) is 0 Å². The van der Waals surface area contributed by atoms with Crippen LogP contribution in [-0.2, 0) is 6.54 Å². The van der Waals surface area contributed by atoms with Crippen LogP contribution in [0, 0.1) is 0 Å². The summed E-state index contributed by atoms with van der Waals surface area (Å²) in [5.74, 6) is 1.56. The SMILES string of the molecule is COc1ccc2[nH]cc(C3CCN(CCn4cccn4)CC3)c2c1. The van der Waals surface area contributed by atoms with Crippen LogP contribution in [0.2, 0.25) is 0 Å². The predicted octanol–water partition coefficient (Wildman–Crippen LogP) is 3.25. The number of aromatic nitrogens is 3. The molecule has 0 atom stereocenters. The summed E-state index contributed by atoms with van der Waals surface area (Å²) < 4.78 is 7.40. The number of fused-ring (bicyclic) bond motifs is 1. The lowest BCUT2D eigenvalue weighted by molar-refractivity contribution is 0.203.